The van der Waals surface area contributed by atoms with Crippen LogP contribution in [0, 0.1) is 0 Å². The van der Waals surface area contributed by atoms with Gasteiger partial charge in [0.25, 0.3) is 0 Å². The lowest BCUT2D eigenvalue weighted by molar-refractivity contribution is -0.121. The van der Waals surface area contributed by atoms with Gasteiger partial charge < -0.3 is 15.8 Å². The van der Waals surface area contributed by atoms with Crippen LogP contribution in [0.3, 0.4) is 0 Å². The number of nitrogens with two attached hydrogens (primary N) is 1. The van der Waals surface area contributed by atoms with E-state index in [4.69, 9.17) is 22.7 Å². The lowest BCUT2D eigenvalue weighted by Crippen LogP contribution is -2.43. The van der Waals surface area contributed by atoms with Gasteiger partial charge in [-0.1, -0.05) is 37.7 Å². The SMILES string of the molecule is CCCC(NC(=O)CCc1ccc(OC)cc1)C(N)=S. The molecule has 0 aliphatic rings. The van der Waals surface area contributed by atoms with E-state index < -0.39 is 0 Å². The van der Waals surface area contributed by atoms with Crippen molar-refractivity contribution in [2.45, 2.75) is 38.6 Å². The Kier molecular flexibility index (Phi) is 7.01. The smallest absolute Gasteiger partial charge is 0.220 e. The number of ether oxygens (including phenoxy) is 1. The van der Waals surface area contributed by atoms with Gasteiger partial charge >= 0.3 is 0 Å². The average Bonchev–Trinajstić information content (AvgIpc) is 2.45. The van der Waals surface area contributed by atoms with Gasteiger partial charge in [-0.2, -0.15) is 0 Å². The van der Waals surface area contributed by atoms with E-state index in [-0.39, 0.29) is 11.9 Å². The molecule has 4 nitrogen and oxygen atoms in total. The highest BCUT2D eigenvalue weighted by Crippen LogP contribution is 2.12. The summed E-state index contributed by atoms with van der Waals surface area (Å²) in [6.07, 6.45) is 2.82. The molecule has 0 aliphatic carbocycles. The van der Waals surface area contributed by atoms with Crippen molar-refractivity contribution in [3.63, 3.8) is 0 Å². The number of carbonyl (C=O) groups excluding carboxylic acids is 1. The van der Waals surface area contributed by atoms with Crippen LogP contribution in [0.25, 0.3) is 0 Å². The van der Waals surface area contributed by atoms with Crippen molar-refractivity contribution in [1.82, 2.24) is 5.32 Å². The molecular formula is C15H22N2O2S. The highest BCUT2D eigenvalue weighted by Gasteiger charge is 2.13. The van der Waals surface area contributed by atoms with Gasteiger partial charge in [-0.25, -0.2) is 0 Å². The Hall–Kier alpha value is -1.62. The zero-order valence-electron chi connectivity index (χ0n) is 12.0. The van der Waals surface area contributed by atoms with Crippen LogP contribution in [0.15, 0.2) is 24.3 Å². The molecule has 1 atom stereocenters. The molecule has 3 N–H and O–H groups in total. The fourth-order valence-electron chi connectivity index (χ4n) is 1.89. The minimum atomic E-state index is -0.196. The van der Waals surface area contributed by atoms with Crippen molar-refractivity contribution in [3.8, 4) is 5.75 Å². The maximum atomic E-state index is 11.9. The normalized spacial score (nSPS) is 11.7. The summed E-state index contributed by atoms with van der Waals surface area (Å²) in [5.74, 6) is 0.793. The van der Waals surface area contributed by atoms with Gasteiger partial charge in [0, 0.05) is 6.42 Å². The zero-order chi connectivity index (χ0) is 15.0. The highest BCUT2D eigenvalue weighted by molar-refractivity contribution is 7.80. The fraction of sp³-hybridized carbons (Fsp3) is 0.467. The largest absolute Gasteiger partial charge is 0.497 e. The second-order valence-electron chi connectivity index (χ2n) is 4.66. The van der Waals surface area contributed by atoms with Crippen molar-refractivity contribution in [2.75, 3.05) is 7.11 Å². The summed E-state index contributed by atoms with van der Waals surface area (Å²) >= 11 is 4.96. The first-order valence-electron chi connectivity index (χ1n) is 6.78. The van der Waals surface area contributed by atoms with Crippen molar-refractivity contribution in [1.29, 1.82) is 0 Å². The van der Waals surface area contributed by atoms with Gasteiger partial charge in [0.2, 0.25) is 5.91 Å². The molecule has 20 heavy (non-hydrogen) atoms. The van der Waals surface area contributed by atoms with Crippen LogP contribution in [0.4, 0.5) is 0 Å². The van der Waals surface area contributed by atoms with E-state index in [1.165, 1.54) is 0 Å². The van der Waals surface area contributed by atoms with Crippen LogP contribution in [0.1, 0.15) is 31.7 Å². The quantitative estimate of drug-likeness (QED) is 0.721. The van der Waals surface area contributed by atoms with Crippen LogP contribution in [0.2, 0.25) is 0 Å². The van der Waals surface area contributed by atoms with E-state index in [9.17, 15) is 4.79 Å². The lowest BCUT2D eigenvalue weighted by Gasteiger charge is -2.16. The Labute approximate surface area is 125 Å². The first kappa shape index (κ1) is 16.4. The predicted octanol–water partition coefficient (Wildman–Crippen LogP) is 2.20. The average molecular weight is 294 g/mol. The summed E-state index contributed by atoms with van der Waals surface area (Å²) < 4.78 is 5.09. The molecule has 0 bridgehead atoms. The van der Waals surface area contributed by atoms with Crippen molar-refractivity contribution >= 4 is 23.1 Å². The molecule has 1 unspecified atom stereocenters. The molecular weight excluding hydrogens is 272 g/mol. The van der Waals surface area contributed by atoms with Crippen molar-refractivity contribution in [3.05, 3.63) is 29.8 Å². The summed E-state index contributed by atoms with van der Waals surface area (Å²) in [6.45, 7) is 2.04. The van der Waals surface area contributed by atoms with Crippen LogP contribution in [0.5, 0.6) is 5.75 Å². The van der Waals surface area contributed by atoms with Gasteiger partial charge in [-0.3, -0.25) is 4.79 Å². The number of aryl methyl sites for hydroxylation is 1. The molecule has 0 aliphatic heterocycles. The maximum absolute atomic E-state index is 11.9. The van der Waals surface area contributed by atoms with E-state index in [1.807, 2.05) is 31.2 Å². The molecule has 0 heterocycles. The third-order valence-corrected chi connectivity index (χ3v) is 3.34. The zero-order valence-corrected chi connectivity index (χ0v) is 12.8. The van der Waals surface area contributed by atoms with Crippen molar-refractivity contribution in [2.24, 2.45) is 5.73 Å². The lowest BCUT2D eigenvalue weighted by atomic mass is 10.1. The number of methoxy groups -OCH3 is 1. The molecule has 1 aromatic carbocycles. The van der Waals surface area contributed by atoms with E-state index in [0.29, 0.717) is 17.8 Å². The topological polar surface area (TPSA) is 64.3 Å². The van der Waals surface area contributed by atoms with Crippen LogP contribution >= 0.6 is 12.2 Å². The van der Waals surface area contributed by atoms with Gasteiger partial charge in [0.15, 0.2) is 0 Å². The molecule has 1 aromatic rings. The second kappa shape index (κ2) is 8.53. The Morgan fingerprint density at radius 1 is 1.40 bits per heavy atom. The maximum Gasteiger partial charge on any atom is 0.220 e. The van der Waals surface area contributed by atoms with E-state index in [0.717, 1.165) is 24.2 Å². The first-order valence-corrected chi connectivity index (χ1v) is 7.19. The van der Waals surface area contributed by atoms with Gasteiger partial charge in [0.05, 0.1) is 18.1 Å². The Morgan fingerprint density at radius 2 is 2.05 bits per heavy atom. The minimum Gasteiger partial charge on any atom is -0.497 e. The Bertz CT molecular complexity index is 446. The molecule has 0 aromatic heterocycles. The Balaban J connectivity index is 2.43. The standard InChI is InChI=1S/C15H22N2O2S/c1-3-4-13(15(16)20)17-14(18)10-7-11-5-8-12(19-2)9-6-11/h5-6,8-9,13H,3-4,7,10H2,1-2H3,(H2,16,20)(H,17,18). The number of benzene rings is 1. The summed E-state index contributed by atoms with van der Waals surface area (Å²) in [7, 11) is 1.63. The summed E-state index contributed by atoms with van der Waals surface area (Å²) in [4.78, 5) is 12.2. The molecule has 0 spiro atoms. The van der Waals surface area contributed by atoms with Crippen LogP contribution < -0.4 is 15.8 Å². The molecule has 1 amide bonds. The number of hydrogen-bond acceptors (Lipinski definition) is 3. The van der Waals surface area contributed by atoms with E-state index >= 15 is 0 Å². The molecule has 0 saturated heterocycles. The fourth-order valence-corrected chi connectivity index (χ4v) is 2.07. The third-order valence-electron chi connectivity index (χ3n) is 3.06. The van der Waals surface area contributed by atoms with Gasteiger partial charge in [-0.15, -0.1) is 0 Å². The highest BCUT2D eigenvalue weighted by atomic mass is 32.1. The van der Waals surface area contributed by atoms with Crippen molar-refractivity contribution < 1.29 is 9.53 Å². The Morgan fingerprint density at radius 3 is 2.55 bits per heavy atom. The number of carbonyl (C=O) groups is 1. The minimum absolute atomic E-state index is 0.0212. The monoisotopic (exact) mass is 294 g/mol. The summed E-state index contributed by atoms with van der Waals surface area (Å²) in [5, 5.41) is 2.88. The number of hydrogen-bond donors (Lipinski definition) is 2. The van der Waals surface area contributed by atoms with Crippen LogP contribution in [-0.2, 0) is 11.2 Å². The molecule has 1 rings (SSSR count). The number of nitrogens with one attached hydrogen (secondary N) is 1. The second-order valence-corrected chi connectivity index (χ2v) is 5.13. The van der Waals surface area contributed by atoms with E-state index in [2.05, 4.69) is 5.32 Å². The first-order chi connectivity index (χ1) is 9.56. The summed E-state index contributed by atoms with van der Waals surface area (Å²) in [5.41, 5.74) is 6.71. The summed E-state index contributed by atoms with van der Waals surface area (Å²) in [6, 6.07) is 7.51. The predicted molar refractivity (Wildman–Crippen MR) is 84.9 cm³/mol. The molecule has 110 valence electrons. The number of amides is 1. The number of thiocarbonyl (C=S) groups is 1. The molecule has 0 radical (unpaired) electrons. The van der Waals surface area contributed by atoms with Gasteiger partial charge in [0.1, 0.15) is 5.75 Å². The molecule has 5 heteroatoms. The van der Waals surface area contributed by atoms with Crippen LogP contribution in [-0.4, -0.2) is 24.0 Å². The molecule has 0 saturated carbocycles. The third kappa shape index (κ3) is 5.57. The molecule has 0 fully saturated rings. The number of rotatable bonds is 8. The van der Waals surface area contributed by atoms with E-state index in [1.54, 1.807) is 7.11 Å². The van der Waals surface area contributed by atoms with Gasteiger partial charge in [-0.05, 0) is 30.5 Å².